The highest BCUT2D eigenvalue weighted by Crippen LogP contribution is 2.61. The third-order valence-electron chi connectivity index (χ3n) is 8.11. The molecule has 28 heteroatoms. The van der Waals surface area contributed by atoms with Gasteiger partial charge < -0.3 is 50.9 Å². The van der Waals surface area contributed by atoms with Crippen molar-refractivity contribution in [3.05, 3.63) is 49.1 Å². The number of allylic oxidation sites excluding steroid dienone is 5. The number of aliphatic hydroxyl groups is 2. The molecule has 3 heterocycles. The van der Waals surface area contributed by atoms with Crippen LogP contribution in [0, 0.1) is 5.41 Å². The maximum absolute atomic E-state index is 12.7. The summed E-state index contributed by atoms with van der Waals surface area (Å²) in [5, 5.41) is 26.3. The number of aromatic nitrogens is 4. The van der Waals surface area contributed by atoms with E-state index in [1.165, 1.54) is 19.9 Å². The summed E-state index contributed by atoms with van der Waals surface area (Å²) in [6.45, 7) is 2.51. The Kier molecular flexibility index (Phi) is 19.8. The van der Waals surface area contributed by atoms with Crippen molar-refractivity contribution in [1.29, 1.82) is 0 Å². The van der Waals surface area contributed by atoms with Gasteiger partial charge in [-0.2, -0.15) is 4.31 Å². The number of thioether (sulfide) groups is 1. The lowest BCUT2D eigenvalue weighted by Crippen LogP contribution is -2.46. The van der Waals surface area contributed by atoms with Gasteiger partial charge in [0.05, 0.1) is 19.5 Å². The van der Waals surface area contributed by atoms with Crippen molar-refractivity contribution in [3.8, 4) is 0 Å². The Morgan fingerprint density at radius 3 is 2.35 bits per heavy atom. The van der Waals surface area contributed by atoms with Gasteiger partial charge in [0.25, 0.3) is 0 Å². The van der Waals surface area contributed by atoms with E-state index in [1.807, 2.05) is 12.2 Å². The molecule has 1 saturated heterocycles. The quantitative estimate of drug-likeness (QED) is 0.0295. The van der Waals surface area contributed by atoms with E-state index >= 15 is 0 Å². The minimum Gasteiger partial charge on any atom is -0.386 e. The number of anilines is 1. The molecule has 1 aliphatic heterocycles. The fraction of sp³-hybridized carbons (Fsp3) is 0.562. The number of rotatable bonds is 25. The number of hydrogen-bond donors (Lipinski definition) is 9. The SMILES string of the molecule is CC/C=C/C/C=C/C/C=C/C(=O)SCCNC(=O)CCNC(=O)C(O)C(C)(C)COP(=O)(O)OP(=O)(O)OCC1OC(n2cnc3c(N)ncnc32)C(O)C1OP(=O)(O)O. The molecule has 7 atom stereocenters. The van der Waals surface area contributed by atoms with Crippen molar-refractivity contribution in [2.24, 2.45) is 5.41 Å². The number of nitrogens with two attached hydrogens (primary N) is 1. The molecule has 2 amide bonds. The summed E-state index contributed by atoms with van der Waals surface area (Å²) in [5.41, 5.74) is 4.26. The van der Waals surface area contributed by atoms with Crippen molar-refractivity contribution < 1.29 is 80.5 Å². The Balaban J connectivity index is 1.43. The fourth-order valence-electron chi connectivity index (χ4n) is 5.11. The fourth-order valence-corrected chi connectivity index (χ4v) is 8.53. The van der Waals surface area contributed by atoms with Crippen LogP contribution in [0.5, 0.6) is 0 Å². The van der Waals surface area contributed by atoms with Gasteiger partial charge in [-0.3, -0.25) is 32.5 Å². The van der Waals surface area contributed by atoms with E-state index in [1.54, 1.807) is 6.08 Å². The molecule has 2 aromatic heterocycles. The summed E-state index contributed by atoms with van der Waals surface area (Å²) in [4.78, 5) is 87.7. The largest absolute Gasteiger partial charge is 0.481 e. The summed E-state index contributed by atoms with van der Waals surface area (Å²) < 4.78 is 62.2. The highest BCUT2D eigenvalue weighted by Gasteiger charge is 2.50. The molecule has 1 fully saturated rings. The molecular weight excluding hydrogens is 879 g/mol. The predicted octanol–water partition coefficient (Wildman–Crippen LogP) is 1.52. The predicted molar refractivity (Wildman–Crippen MR) is 214 cm³/mol. The van der Waals surface area contributed by atoms with Gasteiger partial charge in [-0.25, -0.2) is 28.6 Å². The van der Waals surface area contributed by atoms with Gasteiger partial charge in [-0.15, -0.1) is 0 Å². The van der Waals surface area contributed by atoms with E-state index < -0.39 is 84.6 Å². The molecule has 3 rings (SSSR count). The molecule has 0 aromatic carbocycles. The number of nitrogen functional groups attached to an aromatic ring is 1. The zero-order valence-electron chi connectivity index (χ0n) is 32.7. The molecule has 7 unspecified atom stereocenters. The summed E-state index contributed by atoms with van der Waals surface area (Å²) in [6.07, 6.45) is 6.76. The van der Waals surface area contributed by atoms with Crippen molar-refractivity contribution >= 4 is 69.1 Å². The maximum atomic E-state index is 12.7. The highest BCUT2D eigenvalue weighted by molar-refractivity contribution is 8.14. The van der Waals surface area contributed by atoms with Gasteiger partial charge in [0.1, 0.15) is 36.3 Å². The minimum atomic E-state index is -5.58. The van der Waals surface area contributed by atoms with Crippen LogP contribution >= 0.6 is 35.2 Å². The molecule has 0 aliphatic carbocycles. The number of phosphoric acid groups is 3. The molecule has 1 aliphatic rings. The lowest BCUT2D eigenvalue weighted by atomic mass is 9.87. The van der Waals surface area contributed by atoms with Crippen molar-refractivity contribution in [3.63, 3.8) is 0 Å². The van der Waals surface area contributed by atoms with Gasteiger partial charge in [0, 0.05) is 30.7 Å². The first-order valence-corrected chi connectivity index (χ1v) is 23.6. The van der Waals surface area contributed by atoms with Crippen LogP contribution < -0.4 is 16.4 Å². The highest BCUT2D eigenvalue weighted by atomic mass is 32.2. The van der Waals surface area contributed by atoms with Crippen LogP contribution in [0.1, 0.15) is 52.7 Å². The standard InChI is InChI=1S/C32H50N7O17P3S/c1-4-5-6-7-8-9-10-11-12-23(41)60-16-15-34-22(40)13-14-35-30(44)27(43)32(2,3)18-53-59(50,51)56-58(48,49)52-17-21-26(55-57(45,46)47)25(42)31(54-21)39-20-38-24-28(33)36-19-37-29(24)39/h5-6,8-9,11-12,19-21,25-27,31,42-43H,4,7,10,13-18H2,1-3H3,(H,34,40)(H,35,44)(H,48,49)(H,50,51)(H2,33,36,37)(H2,45,46,47)/b6-5+,9-8+,12-11+. The van der Waals surface area contributed by atoms with Crippen molar-refractivity contribution in [2.45, 2.75) is 77.1 Å². The van der Waals surface area contributed by atoms with E-state index in [4.69, 9.17) is 19.5 Å². The molecule has 0 bridgehead atoms. The van der Waals surface area contributed by atoms with Crippen LogP contribution in [0.4, 0.5) is 5.82 Å². The molecule has 10 N–H and O–H groups in total. The Morgan fingerprint density at radius 1 is 1.00 bits per heavy atom. The smallest absolute Gasteiger partial charge is 0.386 e. The molecule has 0 saturated carbocycles. The first kappa shape index (κ1) is 51.1. The number of aliphatic hydroxyl groups excluding tert-OH is 2. The third-order valence-corrected chi connectivity index (χ3v) is 12.0. The van der Waals surface area contributed by atoms with E-state index in [0.29, 0.717) is 12.2 Å². The summed E-state index contributed by atoms with van der Waals surface area (Å²) in [7, 11) is -16.4. The summed E-state index contributed by atoms with van der Waals surface area (Å²) in [6, 6.07) is 0. The topological polar surface area (TPSA) is 364 Å². The number of ether oxygens (including phenoxy) is 1. The monoisotopic (exact) mass is 929 g/mol. The van der Waals surface area contributed by atoms with Crippen LogP contribution in [0.3, 0.4) is 0 Å². The van der Waals surface area contributed by atoms with E-state index in [-0.39, 0.29) is 41.6 Å². The van der Waals surface area contributed by atoms with Crippen LogP contribution in [-0.2, 0) is 50.7 Å². The number of imidazole rings is 1. The number of phosphoric ester groups is 3. The Morgan fingerprint density at radius 2 is 1.67 bits per heavy atom. The molecule has 336 valence electrons. The molecule has 2 aromatic rings. The van der Waals surface area contributed by atoms with Gasteiger partial charge in [0.2, 0.25) is 16.9 Å². The van der Waals surface area contributed by atoms with Gasteiger partial charge in [0.15, 0.2) is 17.7 Å². The zero-order chi connectivity index (χ0) is 44.7. The number of amides is 2. The second kappa shape index (κ2) is 23.3. The van der Waals surface area contributed by atoms with E-state index in [2.05, 4.69) is 53.5 Å². The normalized spacial score (nSPS) is 21.4. The Labute approximate surface area is 348 Å². The molecule has 0 radical (unpaired) electrons. The first-order valence-electron chi connectivity index (χ1n) is 18.1. The van der Waals surface area contributed by atoms with Gasteiger partial charge in [-0.1, -0.05) is 62.9 Å². The maximum Gasteiger partial charge on any atom is 0.481 e. The van der Waals surface area contributed by atoms with E-state index in [9.17, 15) is 57.9 Å². The summed E-state index contributed by atoms with van der Waals surface area (Å²) >= 11 is 1.02. The number of fused-ring (bicyclic) bond motifs is 1. The lowest BCUT2D eigenvalue weighted by molar-refractivity contribution is -0.137. The molecule has 24 nitrogen and oxygen atoms in total. The minimum absolute atomic E-state index is 0.0293. The number of carbonyl (C=O) groups excluding carboxylic acids is 3. The third kappa shape index (κ3) is 16.9. The number of carbonyl (C=O) groups is 3. The first-order chi connectivity index (χ1) is 28.1. The Hall–Kier alpha value is -3.22. The van der Waals surface area contributed by atoms with Crippen LogP contribution in [0.25, 0.3) is 11.2 Å². The number of nitrogens with one attached hydrogen (secondary N) is 2. The summed E-state index contributed by atoms with van der Waals surface area (Å²) in [5.74, 6) is -1.16. The van der Waals surface area contributed by atoms with Gasteiger partial charge >= 0.3 is 23.5 Å². The van der Waals surface area contributed by atoms with Crippen molar-refractivity contribution in [1.82, 2.24) is 30.2 Å². The lowest BCUT2D eigenvalue weighted by Gasteiger charge is -2.30. The average molecular weight is 930 g/mol. The number of hydrogen-bond acceptors (Lipinski definition) is 18. The molecular formula is C32H50N7O17P3S. The van der Waals surface area contributed by atoms with Crippen LogP contribution in [-0.4, -0.2) is 123 Å². The van der Waals surface area contributed by atoms with Crippen LogP contribution in [0.2, 0.25) is 0 Å². The van der Waals surface area contributed by atoms with Gasteiger partial charge in [-0.05, 0) is 25.3 Å². The zero-order valence-corrected chi connectivity index (χ0v) is 36.2. The van der Waals surface area contributed by atoms with E-state index in [0.717, 1.165) is 41.8 Å². The van der Waals surface area contributed by atoms with Crippen molar-refractivity contribution in [2.75, 3.05) is 37.8 Å². The molecule has 0 spiro atoms. The second-order valence-electron chi connectivity index (χ2n) is 13.5. The Bertz CT molecular complexity index is 2010. The second-order valence-corrected chi connectivity index (χ2v) is 18.8. The average Bonchev–Trinajstić information content (AvgIpc) is 3.72. The van der Waals surface area contributed by atoms with Crippen LogP contribution in [0.15, 0.2) is 49.1 Å². The number of nitrogens with zero attached hydrogens (tertiary/aromatic N) is 4. The molecule has 60 heavy (non-hydrogen) atoms.